The molecule has 1 aliphatic rings. The second-order valence-corrected chi connectivity index (χ2v) is 6.46. The van der Waals surface area contributed by atoms with Crippen molar-refractivity contribution in [2.75, 3.05) is 19.0 Å². The Labute approximate surface area is 129 Å². The van der Waals surface area contributed by atoms with Crippen molar-refractivity contribution in [3.05, 3.63) is 35.4 Å². The molecule has 2 unspecified atom stereocenters. The molecule has 1 N–H and O–H groups in total. The van der Waals surface area contributed by atoms with Gasteiger partial charge in [-0.15, -0.1) is 11.6 Å². The van der Waals surface area contributed by atoms with Gasteiger partial charge in [-0.05, 0) is 61.6 Å². The van der Waals surface area contributed by atoms with Gasteiger partial charge in [-0.3, -0.25) is 0 Å². The van der Waals surface area contributed by atoms with Crippen LogP contribution < -0.4 is 5.32 Å². The van der Waals surface area contributed by atoms with Crippen LogP contribution in [0, 0.1) is 5.92 Å². The first-order valence-electron chi connectivity index (χ1n) is 8.19. The minimum absolute atomic E-state index is 0.707. The minimum atomic E-state index is 0.707. The molecule has 2 rings (SSSR count). The summed E-state index contributed by atoms with van der Waals surface area (Å²) in [4.78, 5) is 0. The molecule has 0 radical (unpaired) electrons. The van der Waals surface area contributed by atoms with Gasteiger partial charge in [0.2, 0.25) is 0 Å². The first kappa shape index (κ1) is 15.9. The van der Waals surface area contributed by atoms with Crippen LogP contribution in [0.25, 0.3) is 0 Å². The zero-order valence-corrected chi connectivity index (χ0v) is 13.5. The molecule has 0 saturated carbocycles. The summed E-state index contributed by atoms with van der Waals surface area (Å²) in [6, 6.07) is 8.98. The maximum absolute atomic E-state index is 5.90. The third-order valence-electron chi connectivity index (χ3n) is 4.53. The van der Waals surface area contributed by atoms with Crippen molar-refractivity contribution in [1.82, 2.24) is 5.32 Å². The summed E-state index contributed by atoms with van der Waals surface area (Å²) in [5.74, 6) is 2.24. The Hall–Kier alpha value is -0.530. The van der Waals surface area contributed by atoms with Crippen molar-refractivity contribution in [2.24, 2.45) is 5.92 Å². The summed E-state index contributed by atoms with van der Waals surface area (Å²) in [7, 11) is 0. The lowest BCUT2D eigenvalue weighted by molar-refractivity contribution is 0.411. The molecule has 112 valence electrons. The highest BCUT2D eigenvalue weighted by Gasteiger charge is 2.19. The third-order valence-corrected chi connectivity index (χ3v) is 4.75. The smallest absolute Gasteiger partial charge is 0.0226 e. The molecule has 1 aromatic carbocycles. The molecule has 0 bridgehead atoms. The summed E-state index contributed by atoms with van der Waals surface area (Å²) >= 11 is 5.90. The van der Waals surface area contributed by atoms with Crippen LogP contribution in [0.5, 0.6) is 0 Å². The average molecular weight is 294 g/mol. The second-order valence-electron chi connectivity index (χ2n) is 6.08. The monoisotopic (exact) mass is 293 g/mol. The fourth-order valence-corrected chi connectivity index (χ4v) is 3.75. The lowest BCUT2D eigenvalue weighted by atomic mass is 9.83. The van der Waals surface area contributed by atoms with Gasteiger partial charge in [0.1, 0.15) is 0 Å². The molecule has 2 atom stereocenters. The number of alkyl halides is 1. The summed E-state index contributed by atoms with van der Waals surface area (Å²) < 4.78 is 0. The predicted molar refractivity (Wildman–Crippen MR) is 88.7 cm³/mol. The Balaban J connectivity index is 1.82. The molecular formula is C18H28ClN. The van der Waals surface area contributed by atoms with E-state index in [0.29, 0.717) is 5.92 Å². The Morgan fingerprint density at radius 1 is 1.30 bits per heavy atom. The first-order chi connectivity index (χ1) is 9.85. The molecule has 0 spiro atoms. The maximum Gasteiger partial charge on any atom is 0.0226 e. The van der Waals surface area contributed by atoms with Crippen molar-refractivity contribution in [1.29, 1.82) is 0 Å². The van der Waals surface area contributed by atoms with Crippen LogP contribution in [-0.4, -0.2) is 19.0 Å². The Kier molecular flexibility index (Phi) is 6.89. The largest absolute Gasteiger partial charge is 0.316 e. The van der Waals surface area contributed by atoms with Gasteiger partial charge in [-0.25, -0.2) is 0 Å². The summed E-state index contributed by atoms with van der Waals surface area (Å²) in [6.07, 6.45) is 7.62. The van der Waals surface area contributed by atoms with E-state index in [-0.39, 0.29) is 0 Å². The Morgan fingerprint density at radius 3 is 2.95 bits per heavy atom. The van der Waals surface area contributed by atoms with Gasteiger partial charge >= 0.3 is 0 Å². The van der Waals surface area contributed by atoms with Crippen LogP contribution in [0.4, 0.5) is 0 Å². The minimum Gasteiger partial charge on any atom is -0.316 e. The Morgan fingerprint density at radius 2 is 2.15 bits per heavy atom. The van der Waals surface area contributed by atoms with Gasteiger partial charge in [-0.2, -0.15) is 0 Å². The molecule has 2 heteroatoms. The van der Waals surface area contributed by atoms with Gasteiger partial charge in [0.15, 0.2) is 0 Å². The number of hydrogen-bond donors (Lipinski definition) is 1. The highest BCUT2D eigenvalue weighted by molar-refractivity contribution is 6.17. The number of hydrogen-bond acceptors (Lipinski definition) is 1. The number of halogens is 1. The van der Waals surface area contributed by atoms with Gasteiger partial charge in [0, 0.05) is 12.4 Å². The van der Waals surface area contributed by atoms with Crippen LogP contribution in [0.15, 0.2) is 24.3 Å². The van der Waals surface area contributed by atoms with E-state index in [0.717, 1.165) is 31.3 Å². The zero-order chi connectivity index (χ0) is 14.2. The van der Waals surface area contributed by atoms with E-state index in [1.165, 1.54) is 32.1 Å². The molecule has 0 aromatic heterocycles. The van der Waals surface area contributed by atoms with Crippen LogP contribution in [0.3, 0.4) is 0 Å². The normalized spacial score (nSPS) is 19.6. The zero-order valence-electron chi connectivity index (χ0n) is 12.7. The van der Waals surface area contributed by atoms with E-state index in [1.807, 2.05) is 0 Å². The quantitative estimate of drug-likeness (QED) is 0.683. The number of aryl methyl sites for hydroxylation is 1. The fourth-order valence-electron chi connectivity index (χ4n) is 3.44. The summed E-state index contributed by atoms with van der Waals surface area (Å²) in [5.41, 5.74) is 3.15. The van der Waals surface area contributed by atoms with Crippen LogP contribution in [0.1, 0.15) is 56.1 Å². The maximum atomic E-state index is 5.90. The van der Waals surface area contributed by atoms with E-state index in [2.05, 4.69) is 36.5 Å². The van der Waals surface area contributed by atoms with Crippen molar-refractivity contribution in [2.45, 2.75) is 51.4 Å². The topological polar surface area (TPSA) is 12.0 Å². The standard InChI is InChI=1S/C18H28ClN/c1-2-6-15(11-12-19)13-20-14-17-9-5-8-16-7-3-4-10-18(16)17/h3-4,7,10,15,17,20H,2,5-6,8-9,11-14H2,1H3. The number of nitrogens with one attached hydrogen (secondary N) is 1. The van der Waals surface area contributed by atoms with Crippen LogP contribution in [-0.2, 0) is 6.42 Å². The molecule has 1 aromatic rings. The van der Waals surface area contributed by atoms with E-state index >= 15 is 0 Å². The van der Waals surface area contributed by atoms with Gasteiger partial charge < -0.3 is 5.32 Å². The van der Waals surface area contributed by atoms with Crippen molar-refractivity contribution >= 4 is 11.6 Å². The van der Waals surface area contributed by atoms with Gasteiger partial charge in [0.05, 0.1) is 0 Å². The van der Waals surface area contributed by atoms with Crippen molar-refractivity contribution in [3.63, 3.8) is 0 Å². The third kappa shape index (κ3) is 4.49. The second kappa shape index (κ2) is 8.69. The SMILES string of the molecule is CCCC(CCCl)CNCC1CCCc2ccccc21. The van der Waals surface area contributed by atoms with Crippen LogP contribution in [0.2, 0.25) is 0 Å². The number of rotatable bonds is 8. The van der Waals surface area contributed by atoms with E-state index in [4.69, 9.17) is 11.6 Å². The highest BCUT2D eigenvalue weighted by atomic mass is 35.5. The molecule has 0 saturated heterocycles. The van der Waals surface area contributed by atoms with E-state index in [9.17, 15) is 0 Å². The molecule has 0 fully saturated rings. The average Bonchev–Trinajstić information content (AvgIpc) is 2.48. The Bertz CT molecular complexity index is 385. The first-order valence-corrected chi connectivity index (χ1v) is 8.73. The summed E-state index contributed by atoms with van der Waals surface area (Å²) in [6.45, 7) is 4.51. The molecular weight excluding hydrogens is 266 g/mol. The molecule has 0 heterocycles. The van der Waals surface area contributed by atoms with Crippen LogP contribution >= 0.6 is 11.6 Å². The van der Waals surface area contributed by atoms with E-state index < -0.39 is 0 Å². The molecule has 1 aliphatic carbocycles. The number of fused-ring (bicyclic) bond motifs is 1. The van der Waals surface area contributed by atoms with E-state index in [1.54, 1.807) is 11.1 Å². The van der Waals surface area contributed by atoms with Gasteiger partial charge in [0.25, 0.3) is 0 Å². The van der Waals surface area contributed by atoms with Gasteiger partial charge in [-0.1, -0.05) is 37.6 Å². The molecule has 0 aliphatic heterocycles. The summed E-state index contributed by atoms with van der Waals surface area (Å²) in [5, 5.41) is 3.71. The molecule has 1 nitrogen and oxygen atoms in total. The predicted octanol–water partition coefficient (Wildman–Crippen LogP) is 4.74. The lowest BCUT2D eigenvalue weighted by Gasteiger charge is -2.26. The molecule has 0 amide bonds. The highest BCUT2D eigenvalue weighted by Crippen LogP contribution is 2.30. The fraction of sp³-hybridized carbons (Fsp3) is 0.667. The van der Waals surface area contributed by atoms with Crippen molar-refractivity contribution in [3.8, 4) is 0 Å². The number of benzene rings is 1. The van der Waals surface area contributed by atoms with Crippen molar-refractivity contribution < 1.29 is 0 Å². The molecule has 20 heavy (non-hydrogen) atoms. The lowest BCUT2D eigenvalue weighted by Crippen LogP contribution is -2.29.